The third-order valence-corrected chi connectivity index (χ3v) is 4.30. The average Bonchev–Trinajstić information content (AvgIpc) is 2.27. The second kappa shape index (κ2) is 5.60. The smallest absolute Gasteiger partial charge is 0.0595 e. The minimum absolute atomic E-state index is 0.391. The molecule has 1 aromatic carbocycles. The Labute approximate surface area is 114 Å². The fourth-order valence-corrected chi connectivity index (χ4v) is 2.81. The summed E-state index contributed by atoms with van der Waals surface area (Å²) >= 11 is 12.0. The highest BCUT2D eigenvalue weighted by Crippen LogP contribution is 2.31. The summed E-state index contributed by atoms with van der Waals surface area (Å²) in [6.07, 6.45) is 3.65. The molecule has 0 amide bonds. The lowest BCUT2D eigenvalue weighted by Gasteiger charge is -2.36. The lowest BCUT2D eigenvalue weighted by atomic mass is 9.81. The molecule has 1 unspecified atom stereocenters. The van der Waals surface area contributed by atoms with Crippen LogP contribution in [-0.2, 0) is 0 Å². The van der Waals surface area contributed by atoms with E-state index in [4.69, 9.17) is 23.2 Å². The maximum absolute atomic E-state index is 6.06. The van der Waals surface area contributed by atoms with E-state index >= 15 is 0 Å². The Morgan fingerprint density at radius 3 is 2.53 bits per heavy atom. The number of halogens is 2. The van der Waals surface area contributed by atoms with Crippen molar-refractivity contribution >= 4 is 23.2 Å². The lowest BCUT2D eigenvalue weighted by Crippen LogP contribution is -2.41. The molecule has 17 heavy (non-hydrogen) atoms. The molecule has 0 heterocycles. The van der Waals surface area contributed by atoms with Crippen molar-refractivity contribution in [3.05, 3.63) is 33.8 Å². The van der Waals surface area contributed by atoms with Crippen LogP contribution in [0.3, 0.4) is 0 Å². The first-order valence-corrected chi connectivity index (χ1v) is 7.06. The van der Waals surface area contributed by atoms with Gasteiger partial charge in [-0.2, -0.15) is 0 Å². The summed E-state index contributed by atoms with van der Waals surface area (Å²) in [7, 11) is 0. The molecule has 0 spiro atoms. The second-order valence-corrected chi connectivity index (χ2v) is 5.89. The van der Waals surface area contributed by atoms with E-state index in [1.54, 1.807) is 0 Å². The second-order valence-electron chi connectivity index (χ2n) is 5.07. The van der Waals surface area contributed by atoms with Gasteiger partial charge in [0.05, 0.1) is 10.0 Å². The molecule has 0 aliphatic heterocycles. The molecule has 1 saturated carbocycles. The lowest BCUT2D eigenvalue weighted by molar-refractivity contribution is 0.220. The molecule has 2 rings (SSSR count). The predicted molar refractivity (Wildman–Crippen MR) is 74.8 cm³/mol. The molecule has 1 nitrogen and oxygen atoms in total. The highest BCUT2D eigenvalue weighted by Gasteiger charge is 2.27. The average molecular weight is 272 g/mol. The molecule has 1 aromatic rings. The summed E-state index contributed by atoms with van der Waals surface area (Å²) in [6, 6.07) is 6.99. The summed E-state index contributed by atoms with van der Waals surface area (Å²) in [6.45, 7) is 4.50. The molecule has 1 fully saturated rings. The Bertz CT molecular complexity index is 386. The fraction of sp³-hybridized carbons (Fsp3) is 0.571. The third-order valence-electron chi connectivity index (χ3n) is 3.56. The van der Waals surface area contributed by atoms with E-state index in [-0.39, 0.29) is 0 Å². The van der Waals surface area contributed by atoms with Crippen LogP contribution < -0.4 is 5.32 Å². The van der Waals surface area contributed by atoms with Crippen LogP contribution in [0.15, 0.2) is 18.2 Å². The van der Waals surface area contributed by atoms with Gasteiger partial charge in [-0.05, 0) is 42.9 Å². The predicted octanol–water partition coefficient (Wildman–Crippen LogP) is 4.83. The van der Waals surface area contributed by atoms with Gasteiger partial charge in [0.1, 0.15) is 0 Å². The van der Waals surface area contributed by atoms with Crippen LogP contribution in [-0.4, -0.2) is 6.04 Å². The standard InChI is InChI=1S/C14H19Cl2N/c1-3-14(17-11-6-9(2)7-11)10-4-5-12(15)13(16)8-10/h4-5,8-9,11,14,17H,3,6-7H2,1-2H3. The van der Waals surface area contributed by atoms with Crippen molar-refractivity contribution in [2.75, 3.05) is 0 Å². The zero-order valence-electron chi connectivity index (χ0n) is 10.3. The van der Waals surface area contributed by atoms with E-state index in [1.165, 1.54) is 18.4 Å². The number of nitrogens with one attached hydrogen (secondary N) is 1. The van der Waals surface area contributed by atoms with Crippen molar-refractivity contribution in [2.24, 2.45) is 5.92 Å². The van der Waals surface area contributed by atoms with Gasteiger partial charge < -0.3 is 5.32 Å². The van der Waals surface area contributed by atoms with Gasteiger partial charge in [0.25, 0.3) is 0 Å². The van der Waals surface area contributed by atoms with Crippen LogP contribution in [0.25, 0.3) is 0 Å². The molecular weight excluding hydrogens is 253 g/mol. The topological polar surface area (TPSA) is 12.0 Å². The van der Waals surface area contributed by atoms with Crippen molar-refractivity contribution in [1.82, 2.24) is 5.32 Å². The molecule has 0 saturated heterocycles. The minimum Gasteiger partial charge on any atom is -0.307 e. The van der Waals surface area contributed by atoms with Crippen molar-refractivity contribution < 1.29 is 0 Å². The fourth-order valence-electron chi connectivity index (χ4n) is 2.50. The molecule has 0 bridgehead atoms. The first-order valence-electron chi connectivity index (χ1n) is 6.31. The van der Waals surface area contributed by atoms with Crippen molar-refractivity contribution in [2.45, 2.75) is 45.2 Å². The number of rotatable bonds is 4. The van der Waals surface area contributed by atoms with Crippen LogP contribution in [0.4, 0.5) is 0 Å². The molecule has 1 N–H and O–H groups in total. The van der Waals surface area contributed by atoms with Gasteiger partial charge in [-0.1, -0.05) is 43.1 Å². The SMILES string of the molecule is CCC(NC1CC(C)C1)c1ccc(Cl)c(Cl)c1. The van der Waals surface area contributed by atoms with Crippen LogP contribution in [0, 0.1) is 5.92 Å². The zero-order valence-corrected chi connectivity index (χ0v) is 11.9. The molecule has 3 heteroatoms. The Balaban J connectivity index is 2.04. The molecule has 0 aromatic heterocycles. The van der Waals surface area contributed by atoms with Crippen molar-refractivity contribution in [1.29, 1.82) is 0 Å². The van der Waals surface area contributed by atoms with E-state index < -0.39 is 0 Å². The largest absolute Gasteiger partial charge is 0.307 e. The summed E-state index contributed by atoms with van der Waals surface area (Å²) < 4.78 is 0. The maximum Gasteiger partial charge on any atom is 0.0595 e. The van der Waals surface area contributed by atoms with Crippen LogP contribution in [0.2, 0.25) is 10.0 Å². The Morgan fingerprint density at radius 1 is 1.29 bits per heavy atom. The molecule has 1 aliphatic rings. The van der Waals surface area contributed by atoms with Crippen LogP contribution in [0.5, 0.6) is 0 Å². The molecule has 0 radical (unpaired) electrons. The molecule has 1 aliphatic carbocycles. The normalized spacial score (nSPS) is 25.4. The summed E-state index contributed by atoms with van der Waals surface area (Å²) in [5.41, 5.74) is 1.24. The quantitative estimate of drug-likeness (QED) is 0.827. The Morgan fingerprint density at radius 2 is 2.00 bits per heavy atom. The van der Waals surface area contributed by atoms with E-state index in [0.29, 0.717) is 22.1 Å². The maximum atomic E-state index is 6.06. The van der Waals surface area contributed by atoms with Crippen LogP contribution >= 0.6 is 23.2 Å². The van der Waals surface area contributed by atoms with Gasteiger partial charge in [-0.3, -0.25) is 0 Å². The Hall–Kier alpha value is -0.240. The third kappa shape index (κ3) is 3.15. The van der Waals surface area contributed by atoms with E-state index in [1.807, 2.05) is 12.1 Å². The van der Waals surface area contributed by atoms with Gasteiger partial charge in [-0.25, -0.2) is 0 Å². The van der Waals surface area contributed by atoms with Gasteiger partial charge in [0.15, 0.2) is 0 Å². The highest BCUT2D eigenvalue weighted by molar-refractivity contribution is 6.42. The highest BCUT2D eigenvalue weighted by atomic mass is 35.5. The Kier molecular flexibility index (Phi) is 4.35. The van der Waals surface area contributed by atoms with Crippen LogP contribution in [0.1, 0.15) is 44.7 Å². The summed E-state index contributed by atoms with van der Waals surface area (Å²) in [4.78, 5) is 0. The van der Waals surface area contributed by atoms with Gasteiger partial charge in [0.2, 0.25) is 0 Å². The summed E-state index contributed by atoms with van der Waals surface area (Å²) in [5, 5.41) is 4.97. The molecule has 94 valence electrons. The molecular formula is C14H19Cl2N. The minimum atomic E-state index is 0.391. The molecule has 1 atom stereocenters. The van der Waals surface area contributed by atoms with Crippen molar-refractivity contribution in [3.8, 4) is 0 Å². The van der Waals surface area contributed by atoms with Gasteiger partial charge in [-0.15, -0.1) is 0 Å². The first kappa shape index (κ1) is 13.2. The monoisotopic (exact) mass is 271 g/mol. The van der Waals surface area contributed by atoms with Gasteiger partial charge in [0, 0.05) is 12.1 Å². The summed E-state index contributed by atoms with van der Waals surface area (Å²) in [5.74, 6) is 0.874. The number of hydrogen-bond acceptors (Lipinski definition) is 1. The number of benzene rings is 1. The van der Waals surface area contributed by atoms with E-state index in [9.17, 15) is 0 Å². The zero-order chi connectivity index (χ0) is 12.4. The first-order chi connectivity index (χ1) is 8.10. The van der Waals surface area contributed by atoms with E-state index in [2.05, 4.69) is 25.2 Å². The van der Waals surface area contributed by atoms with Gasteiger partial charge >= 0.3 is 0 Å². The number of hydrogen-bond donors (Lipinski definition) is 1. The van der Waals surface area contributed by atoms with E-state index in [0.717, 1.165) is 12.3 Å². The van der Waals surface area contributed by atoms with Crippen molar-refractivity contribution in [3.63, 3.8) is 0 Å².